The molecule has 0 saturated carbocycles. The lowest BCUT2D eigenvalue weighted by atomic mass is 10.1. The van der Waals surface area contributed by atoms with E-state index in [1.54, 1.807) is 0 Å². The summed E-state index contributed by atoms with van der Waals surface area (Å²) in [7, 11) is 0. The van der Waals surface area contributed by atoms with Crippen molar-refractivity contribution in [2.45, 2.75) is 19.4 Å². The predicted octanol–water partition coefficient (Wildman–Crippen LogP) is 3.58. The average molecular weight is 282 g/mol. The number of nitrogens with one attached hydrogen (secondary N) is 2. The van der Waals surface area contributed by atoms with Gasteiger partial charge in [-0.1, -0.05) is 30.3 Å². The Morgan fingerprint density at radius 3 is 2.71 bits per heavy atom. The van der Waals surface area contributed by atoms with Crippen LogP contribution in [-0.2, 0) is 4.79 Å². The van der Waals surface area contributed by atoms with Gasteiger partial charge in [0.2, 0.25) is 5.91 Å². The molecule has 0 radical (unpaired) electrons. The molecule has 1 aliphatic heterocycles. The second-order valence-corrected chi connectivity index (χ2v) is 5.10. The molecule has 1 atom stereocenters. The second kappa shape index (κ2) is 5.87. The minimum atomic E-state index is -0.0235. The van der Waals surface area contributed by atoms with Crippen LogP contribution in [0.3, 0.4) is 0 Å². The summed E-state index contributed by atoms with van der Waals surface area (Å²) in [5.41, 5.74) is 2.84. The number of carbonyl (C=O) groups excluding carboxylic acids is 1. The van der Waals surface area contributed by atoms with E-state index in [-0.39, 0.29) is 12.0 Å². The van der Waals surface area contributed by atoms with Crippen LogP contribution in [0.4, 0.5) is 11.4 Å². The van der Waals surface area contributed by atoms with E-state index in [9.17, 15) is 4.79 Å². The molecule has 3 rings (SSSR count). The van der Waals surface area contributed by atoms with Crippen molar-refractivity contribution in [2.24, 2.45) is 0 Å². The molecule has 108 valence electrons. The summed E-state index contributed by atoms with van der Waals surface area (Å²) in [5.74, 6) is 0.821. The molecule has 0 spiro atoms. The van der Waals surface area contributed by atoms with Gasteiger partial charge in [0.05, 0.1) is 11.4 Å². The van der Waals surface area contributed by atoms with Gasteiger partial charge in [-0.2, -0.15) is 0 Å². The molecule has 0 aromatic heterocycles. The van der Waals surface area contributed by atoms with Gasteiger partial charge in [0.25, 0.3) is 0 Å². The molecular formula is C17H18N2O2. The molecule has 2 aromatic carbocycles. The number of benzene rings is 2. The van der Waals surface area contributed by atoms with Gasteiger partial charge in [-0.05, 0) is 24.6 Å². The topological polar surface area (TPSA) is 50.4 Å². The van der Waals surface area contributed by atoms with E-state index in [4.69, 9.17) is 4.74 Å². The predicted molar refractivity (Wildman–Crippen MR) is 83.7 cm³/mol. The second-order valence-electron chi connectivity index (χ2n) is 5.10. The summed E-state index contributed by atoms with van der Waals surface area (Å²) >= 11 is 0. The van der Waals surface area contributed by atoms with Gasteiger partial charge in [-0.25, -0.2) is 0 Å². The van der Waals surface area contributed by atoms with Crippen LogP contribution in [0.25, 0.3) is 0 Å². The fraction of sp³-hybridized carbons (Fsp3) is 0.235. The lowest BCUT2D eigenvalue weighted by Crippen LogP contribution is -2.10. The molecule has 0 unspecified atom stereocenters. The van der Waals surface area contributed by atoms with E-state index < -0.39 is 0 Å². The van der Waals surface area contributed by atoms with Crippen LogP contribution in [0.2, 0.25) is 0 Å². The highest BCUT2D eigenvalue weighted by Gasteiger charge is 2.14. The molecular weight excluding hydrogens is 264 g/mol. The monoisotopic (exact) mass is 282 g/mol. The van der Waals surface area contributed by atoms with Crippen LogP contribution < -0.4 is 15.4 Å². The maximum Gasteiger partial charge on any atom is 0.226 e. The van der Waals surface area contributed by atoms with Crippen LogP contribution >= 0.6 is 0 Å². The molecule has 0 aliphatic carbocycles. The maximum atomic E-state index is 11.5. The molecule has 2 N–H and O–H groups in total. The van der Waals surface area contributed by atoms with E-state index in [0.717, 1.165) is 22.7 Å². The largest absolute Gasteiger partial charge is 0.486 e. The van der Waals surface area contributed by atoms with Crippen molar-refractivity contribution >= 4 is 17.3 Å². The van der Waals surface area contributed by atoms with Crippen molar-refractivity contribution in [3.63, 3.8) is 0 Å². The maximum absolute atomic E-state index is 11.5. The number of amides is 1. The van der Waals surface area contributed by atoms with Crippen molar-refractivity contribution in [1.82, 2.24) is 0 Å². The minimum absolute atomic E-state index is 0.0235. The van der Waals surface area contributed by atoms with Gasteiger partial charge in [0.1, 0.15) is 11.9 Å². The number of carbonyl (C=O) groups is 1. The zero-order valence-electron chi connectivity index (χ0n) is 11.9. The SMILES string of the molecule is C[C@@H](Oc1ccc2c(c1)NCCC(=O)N2)c1ccccc1. The summed E-state index contributed by atoms with van der Waals surface area (Å²) in [5, 5.41) is 6.12. The van der Waals surface area contributed by atoms with Crippen molar-refractivity contribution in [1.29, 1.82) is 0 Å². The molecule has 1 amide bonds. The first-order valence-electron chi connectivity index (χ1n) is 7.12. The van der Waals surface area contributed by atoms with Gasteiger partial charge in [-0.3, -0.25) is 4.79 Å². The first-order valence-corrected chi connectivity index (χ1v) is 7.12. The number of rotatable bonds is 3. The summed E-state index contributed by atoms with van der Waals surface area (Å²) < 4.78 is 5.98. The van der Waals surface area contributed by atoms with Gasteiger partial charge in [-0.15, -0.1) is 0 Å². The Kier molecular flexibility index (Phi) is 3.77. The standard InChI is InChI=1S/C17H18N2O2/c1-12(13-5-3-2-4-6-13)21-14-7-8-15-16(11-14)18-10-9-17(20)19-15/h2-8,11-12,18H,9-10H2,1H3,(H,19,20)/t12-/m1/s1. The summed E-state index contributed by atoms with van der Waals surface area (Å²) in [6.07, 6.45) is 0.454. The van der Waals surface area contributed by atoms with Crippen LogP contribution in [0.5, 0.6) is 5.75 Å². The smallest absolute Gasteiger partial charge is 0.226 e. The van der Waals surface area contributed by atoms with Gasteiger partial charge in [0.15, 0.2) is 0 Å². The minimum Gasteiger partial charge on any atom is -0.486 e. The van der Waals surface area contributed by atoms with E-state index in [0.29, 0.717) is 13.0 Å². The highest BCUT2D eigenvalue weighted by molar-refractivity contribution is 5.96. The Balaban J connectivity index is 1.78. The molecule has 21 heavy (non-hydrogen) atoms. The van der Waals surface area contributed by atoms with Crippen molar-refractivity contribution in [3.8, 4) is 5.75 Å². The molecule has 0 saturated heterocycles. The van der Waals surface area contributed by atoms with Gasteiger partial charge < -0.3 is 15.4 Å². The Morgan fingerprint density at radius 2 is 1.90 bits per heavy atom. The molecule has 4 nitrogen and oxygen atoms in total. The fourth-order valence-corrected chi connectivity index (χ4v) is 2.37. The number of anilines is 2. The first-order chi connectivity index (χ1) is 10.2. The average Bonchev–Trinajstić information content (AvgIpc) is 2.68. The highest BCUT2D eigenvalue weighted by atomic mass is 16.5. The lowest BCUT2D eigenvalue weighted by Gasteiger charge is -2.17. The number of ether oxygens (including phenoxy) is 1. The Morgan fingerprint density at radius 1 is 1.10 bits per heavy atom. The van der Waals surface area contributed by atoms with Crippen LogP contribution in [-0.4, -0.2) is 12.5 Å². The number of hydrogen-bond donors (Lipinski definition) is 2. The summed E-state index contributed by atoms with van der Waals surface area (Å²) in [4.78, 5) is 11.5. The Labute approximate surface area is 124 Å². The van der Waals surface area contributed by atoms with Crippen LogP contribution in [0.1, 0.15) is 25.0 Å². The van der Waals surface area contributed by atoms with Crippen molar-refractivity contribution in [3.05, 3.63) is 54.1 Å². The molecule has 0 bridgehead atoms. The first kappa shape index (κ1) is 13.5. The molecule has 1 aliphatic rings. The highest BCUT2D eigenvalue weighted by Crippen LogP contribution is 2.31. The van der Waals surface area contributed by atoms with Crippen molar-refractivity contribution < 1.29 is 9.53 Å². The van der Waals surface area contributed by atoms with Crippen molar-refractivity contribution in [2.75, 3.05) is 17.2 Å². The van der Waals surface area contributed by atoms with Gasteiger partial charge in [0, 0.05) is 19.0 Å². The molecule has 2 aromatic rings. The normalized spacial score (nSPS) is 15.2. The zero-order chi connectivity index (χ0) is 14.7. The Bertz CT molecular complexity index is 640. The number of hydrogen-bond acceptors (Lipinski definition) is 3. The summed E-state index contributed by atoms with van der Waals surface area (Å²) in [6.45, 7) is 2.66. The Hall–Kier alpha value is -2.49. The fourth-order valence-electron chi connectivity index (χ4n) is 2.37. The third-order valence-corrected chi connectivity index (χ3v) is 3.51. The lowest BCUT2D eigenvalue weighted by molar-refractivity contribution is -0.115. The van der Waals surface area contributed by atoms with E-state index in [1.807, 2.05) is 55.5 Å². The van der Waals surface area contributed by atoms with Crippen LogP contribution in [0.15, 0.2) is 48.5 Å². The summed E-state index contributed by atoms with van der Waals surface area (Å²) in [6, 6.07) is 15.8. The van der Waals surface area contributed by atoms with E-state index in [2.05, 4.69) is 10.6 Å². The van der Waals surface area contributed by atoms with E-state index in [1.165, 1.54) is 0 Å². The third kappa shape index (κ3) is 3.16. The van der Waals surface area contributed by atoms with E-state index >= 15 is 0 Å². The quantitative estimate of drug-likeness (QED) is 0.904. The molecule has 1 heterocycles. The number of fused-ring (bicyclic) bond motifs is 1. The van der Waals surface area contributed by atoms with Gasteiger partial charge >= 0.3 is 0 Å². The molecule has 0 fully saturated rings. The third-order valence-electron chi connectivity index (χ3n) is 3.51. The molecule has 4 heteroatoms. The van der Waals surface area contributed by atoms with Crippen LogP contribution in [0, 0.1) is 0 Å². The zero-order valence-corrected chi connectivity index (χ0v) is 11.9.